The van der Waals surface area contributed by atoms with Crippen LogP contribution in [0.3, 0.4) is 0 Å². The molecule has 0 aromatic carbocycles. The lowest BCUT2D eigenvalue weighted by atomic mass is 9.74. The molecule has 2 aliphatic rings. The van der Waals surface area contributed by atoms with Crippen LogP contribution in [-0.4, -0.2) is 52.3 Å². The normalized spacial score (nSPS) is 22.6. The number of carbonyl (C=O) groups excluding carboxylic acids is 2. The first-order valence-electron chi connectivity index (χ1n) is 8.61. The van der Waals surface area contributed by atoms with Gasteiger partial charge in [-0.05, 0) is 42.0 Å². The SMILES string of the molecule is CN1C(=O)C[C@@H](c2ccncc2)C12CCN(C(=O)c1cccs1)CC2. The summed E-state index contributed by atoms with van der Waals surface area (Å²) < 4.78 is 0. The predicted molar refractivity (Wildman–Crippen MR) is 96.6 cm³/mol. The fraction of sp³-hybridized carbons (Fsp3) is 0.421. The Morgan fingerprint density at radius 3 is 2.60 bits per heavy atom. The summed E-state index contributed by atoms with van der Waals surface area (Å²) >= 11 is 1.48. The maximum Gasteiger partial charge on any atom is 0.263 e. The summed E-state index contributed by atoms with van der Waals surface area (Å²) in [4.78, 5) is 33.8. The molecule has 4 rings (SSSR count). The van der Waals surface area contributed by atoms with E-state index in [9.17, 15) is 9.59 Å². The molecule has 25 heavy (non-hydrogen) atoms. The van der Waals surface area contributed by atoms with E-state index in [2.05, 4.69) is 4.98 Å². The van der Waals surface area contributed by atoms with Crippen LogP contribution in [0.25, 0.3) is 0 Å². The lowest BCUT2D eigenvalue weighted by molar-refractivity contribution is -0.130. The number of hydrogen-bond donors (Lipinski definition) is 0. The highest BCUT2D eigenvalue weighted by molar-refractivity contribution is 7.12. The molecule has 2 saturated heterocycles. The standard InChI is InChI=1S/C19H21N3O2S/c1-21-17(23)13-15(14-4-8-20-9-5-14)19(21)6-10-22(11-7-19)18(24)16-3-2-12-25-16/h2-5,8-9,12,15H,6-7,10-11,13H2,1H3/t15-/m0/s1. The van der Waals surface area contributed by atoms with E-state index in [-0.39, 0.29) is 23.3 Å². The molecule has 2 amide bonds. The molecule has 2 fully saturated rings. The highest BCUT2D eigenvalue weighted by Crippen LogP contribution is 2.48. The molecule has 2 aliphatic heterocycles. The van der Waals surface area contributed by atoms with E-state index in [0.29, 0.717) is 19.5 Å². The van der Waals surface area contributed by atoms with Crippen molar-refractivity contribution in [3.05, 3.63) is 52.5 Å². The molecule has 0 N–H and O–H groups in total. The van der Waals surface area contributed by atoms with Gasteiger partial charge in [0.2, 0.25) is 5.91 Å². The van der Waals surface area contributed by atoms with Crippen molar-refractivity contribution < 1.29 is 9.59 Å². The van der Waals surface area contributed by atoms with Gasteiger partial charge >= 0.3 is 0 Å². The number of pyridine rings is 1. The smallest absolute Gasteiger partial charge is 0.263 e. The van der Waals surface area contributed by atoms with Crippen molar-refractivity contribution in [1.82, 2.24) is 14.8 Å². The van der Waals surface area contributed by atoms with Gasteiger partial charge in [-0.2, -0.15) is 0 Å². The van der Waals surface area contributed by atoms with Gasteiger partial charge in [0, 0.05) is 44.9 Å². The largest absolute Gasteiger partial charge is 0.339 e. The molecule has 130 valence electrons. The highest BCUT2D eigenvalue weighted by atomic mass is 32.1. The minimum atomic E-state index is -0.190. The summed E-state index contributed by atoms with van der Waals surface area (Å²) in [7, 11) is 1.92. The Hall–Kier alpha value is -2.21. The van der Waals surface area contributed by atoms with Crippen LogP contribution in [-0.2, 0) is 4.79 Å². The second-order valence-corrected chi connectivity index (χ2v) is 7.81. The van der Waals surface area contributed by atoms with Crippen LogP contribution in [0.15, 0.2) is 42.0 Å². The first-order valence-corrected chi connectivity index (χ1v) is 9.49. The minimum Gasteiger partial charge on any atom is -0.339 e. The molecule has 0 saturated carbocycles. The molecule has 1 spiro atoms. The lowest BCUT2D eigenvalue weighted by Crippen LogP contribution is -2.55. The second-order valence-electron chi connectivity index (χ2n) is 6.86. The zero-order valence-electron chi connectivity index (χ0n) is 14.2. The third-order valence-electron chi connectivity index (χ3n) is 5.83. The molecule has 0 radical (unpaired) electrons. The molecule has 5 nitrogen and oxygen atoms in total. The maximum atomic E-state index is 12.6. The van der Waals surface area contributed by atoms with Gasteiger partial charge in [0.15, 0.2) is 0 Å². The Morgan fingerprint density at radius 2 is 1.96 bits per heavy atom. The number of amides is 2. The number of hydrogen-bond acceptors (Lipinski definition) is 4. The summed E-state index contributed by atoms with van der Waals surface area (Å²) in [6.45, 7) is 1.38. The van der Waals surface area contributed by atoms with Crippen molar-refractivity contribution in [2.45, 2.75) is 30.7 Å². The zero-order chi connectivity index (χ0) is 17.4. The fourth-order valence-electron chi connectivity index (χ4n) is 4.34. The number of likely N-dealkylation sites (tertiary alicyclic amines) is 2. The van der Waals surface area contributed by atoms with Crippen LogP contribution in [0, 0.1) is 0 Å². The van der Waals surface area contributed by atoms with E-state index >= 15 is 0 Å². The summed E-state index contributed by atoms with van der Waals surface area (Å²) in [6, 6.07) is 7.82. The van der Waals surface area contributed by atoms with Gasteiger partial charge in [0.1, 0.15) is 0 Å². The van der Waals surface area contributed by atoms with Crippen molar-refractivity contribution in [2.75, 3.05) is 20.1 Å². The summed E-state index contributed by atoms with van der Waals surface area (Å²) in [5.41, 5.74) is 0.982. The van der Waals surface area contributed by atoms with Gasteiger partial charge in [-0.3, -0.25) is 14.6 Å². The van der Waals surface area contributed by atoms with Gasteiger partial charge in [0.25, 0.3) is 5.91 Å². The predicted octanol–water partition coefficient (Wildman–Crippen LogP) is 2.76. The Labute approximate surface area is 151 Å². The summed E-state index contributed by atoms with van der Waals surface area (Å²) in [5.74, 6) is 0.476. The number of nitrogens with zero attached hydrogens (tertiary/aromatic N) is 3. The van der Waals surface area contributed by atoms with Gasteiger partial charge in [0.05, 0.1) is 10.4 Å². The molecular weight excluding hydrogens is 334 g/mol. The van der Waals surface area contributed by atoms with Gasteiger partial charge in [-0.25, -0.2) is 0 Å². The van der Waals surface area contributed by atoms with Crippen LogP contribution in [0.2, 0.25) is 0 Å². The van der Waals surface area contributed by atoms with Crippen molar-refractivity contribution in [3.63, 3.8) is 0 Å². The third kappa shape index (κ3) is 2.65. The zero-order valence-corrected chi connectivity index (χ0v) is 15.0. The second kappa shape index (κ2) is 6.26. The molecular formula is C19H21N3O2S. The maximum absolute atomic E-state index is 12.6. The topological polar surface area (TPSA) is 53.5 Å². The van der Waals surface area contributed by atoms with Crippen molar-refractivity contribution >= 4 is 23.2 Å². The average molecular weight is 355 g/mol. The molecule has 2 aromatic rings. The minimum absolute atomic E-state index is 0.109. The quantitative estimate of drug-likeness (QED) is 0.832. The van der Waals surface area contributed by atoms with Crippen LogP contribution in [0.1, 0.15) is 40.4 Å². The third-order valence-corrected chi connectivity index (χ3v) is 6.68. The Kier molecular flexibility index (Phi) is 4.07. The first-order chi connectivity index (χ1) is 12.1. The van der Waals surface area contributed by atoms with Crippen LogP contribution < -0.4 is 0 Å². The molecule has 2 aromatic heterocycles. The monoisotopic (exact) mass is 355 g/mol. The fourth-order valence-corrected chi connectivity index (χ4v) is 5.04. The highest BCUT2D eigenvalue weighted by Gasteiger charge is 2.52. The van der Waals surface area contributed by atoms with Crippen LogP contribution in [0.5, 0.6) is 0 Å². The number of likely N-dealkylation sites (N-methyl/N-ethyl adjacent to an activating group) is 1. The first kappa shape index (κ1) is 16.3. The Morgan fingerprint density at radius 1 is 1.24 bits per heavy atom. The summed E-state index contributed by atoms with van der Waals surface area (Å²) in [5, 5.41) is 1.93. The molecule has 0 bridgehead atoms. The number of aromatic nitrogens is 1. The molecule has 0 unspecified atom stereocenters. The van der Waals surface area contributed by atoms with E-state index in [1.165, 1.54) is 16.9 Å². The van der Waals surface area contributed by atoms with Crippen molar-refractivity contribution in [2.24, 2.45) is 0 Å². The Bertz CT molecular complexity index is 767. The lowest BCUT2D eigenvalue weighted by Gasteiger charge is -2.46. The molecule has 1 atom stereocenters. The van der Waals surface area contributed by atoms with E-state index in [1.54, 1.807) is 12.4 Å². The van der Waals surface area contributed by atoms with Gasteiger partial charge < -0.3 is 9.80 Å². The van der Waals surface area contributed by atoms with Gasteiger partial charge in [-0.1, -0.05) is 6.07 Å². The Balaban J connectivity index is 1.57. The number of piperidine rings is 1. The molecule has 6 heteroatoms. The van der Waals surface area contributed by atoms with Crippen molar-refractivity contribution in [1.29, 1.82) is 0 Å². The van der Waals surface area contributed by atoms with Crippen LogP contribution in [0.4, 0.5) is 0 Å². The number of rotatable bonds is 2. The van der Waals surface area contributed by atoms with E-state index in [1.807, 2.05) is 46.5 Å². The average Bonchev–Trinajstić information content (AvgIpc) is 3.27. The van der Waals surface area contributed by atoms with E-state index in [4.69, 9.17) is 0 Å². The van der Waals surface area contributed by atoms with Crippen LogP contribution >= 0.6 is 11.3 Å². The van der Waals surface area contributed by atoms with E-state index < -0.39 is 0 Å². The summed E-state index contributed by atoms with van der Waals surface area (Å²) in [6.07, 6.45) is 5.76. The number of thiophene rings is 1. The molecule has 4 heterocycles. The van der Waals surface area contributed by atoms with E-state index in [0.717, 1.165) is 17.7 Å². The van der Waals surface area contributed by atoms with Gasteiger partial charge in [-0.15, -0.1) is 11.3 Å². The van der Waals surface area contributed by atoms with Crippen molar-refractivity contribution in [3.8, 4) is 0 Å². The number of carbonyl (C=O) groups is 2. The molecule has 0 aliphatic carbocycles.